The van der Waals surface area contributed by atoms with Crippen LogP contribution in [-0.2, 0) is 4.79 Å². The average Bonchev–Trinajstić information content (AvgIpc) is 2.35. The number of hydrogen-bond donors (Lipinski definition) is 0. The van der Waals surface area contributed by atoms with Crippen molar-refractivity contribution >= 4 is 11.5 Å². The number of likely N-dealkylation sites (tertiary alicyclic amines) is 1. The minimum atomic E-state index is 0.205. The van der Waals surface area contributed by atoms with Crippen LogP contribution in [0.1, 0.15) is 18.9 Å². The predicted molar refractivity (Wildman–Crippen MR) is 69.0 cm³/mol. The summed E-state index contributed by atoms with van der Waals surface area (Å²) in [5.41, 5.74) is 2.10. The molecule has 1 unspecified atom stereocenters. The van der Waals surface area contributed by atoms with E-state index in [1.165, 1.54) is 0 Å². The number of hydrogen-bond acceptors (Lipinski definition) is 1. The molecule has 1 aromatic carbocycles. The summed E-state index contributed by atoms with van der Waals surface area (Å²) < 4.78 is 0. The van der Waals surface area contributed by atoms with Gasteiger partial charge in [-0.3, -0.25) is 4.79 Å². The number of rotatable bonds is 3. The van der Waals surface area contributed by atoms with Crippen LogP contribution in [0.25, 0.3) is 5.57 Å². The second-order valence-corrected chi connectivity index (χ2v) is 4.28. The highest BCUT2D eigenvalue weighted by molar-refractivity contribution is 5.85. The number of benzene rings is 1. The first-order valence-corrected chi connectivity index (χ1v) is 5.72. The number of terminal acetylenes is 1. The van der Waals surface area contributed by atoms with E-state index in [1.807, 2.05) is 35.2 Å². The third-order valence-corrected chi connectivity index (χ3v) is 3.07. The van der Waals surface area contributed by atoms with Crippen LogP contribution in [0.5, 0.6) is 0 Å². The van der Waals surface area contributed by atoms with Crippen molar-refractivity contribution in [3.8, 4) is 12.3 Å². The minimum Gasteiger partial charge on any atom is -0.335 e. The first-order chi connectivity index (χ1) is 8.22. The minimum absolute atomic E-state index is 0.205. The predicted octanol–water partition coefficient (Wildman–Crippen LogP) is 2.32. The van der Waals surface area contributed by atoms with Crippen molar-refractivity contribution in [2.45, 2.75) is 19.4 Å². The lowest BCUT2D eigenvalue weighted by atomic mass is 9.99. The Labute approximate surface area is 102 Å². The fraction of sp³-hybridized carbons (Fsp3) is 0.267. The molecule has 0 aliphatic carbocycles. The molecule has 1 aliphatic rings. The van der Waals surface area contributed by atoms with Gasteiger partial charge in [0.25, 0.3) is 0 Å². The van der Waals surface area contributed by atoms with Crippen LogP contribution in [-0.4, -0.2) is 23.4 Å². The molecular formula is C15H15NO. The fourth-order valence-electron chi connectivity index (χ4n) is 2.01. The van der Waals surface area contributed by atoms with E-state index in [1.54, 1.807) is 6.08 Å². The van der Waals surface area contributed by atoms with Crippen molar-refractivity contribution in [3.05, 3.63) is 42.0 Å². The van der Waals surface area contributed by atoms with E-state index in [4.69, 9.17) is 6.42 Å². The Hall–Kier alpha value is -2.01. The molecule has 1 saturated heterocycles. The maximum absolute atomic E-state index is 11.5. The molecule has 1 aromatic rings. The van der Waals surface area contributed by atoms with E-state index >= 15 is 0 Å². The molecule has 2 heteroatoms. The molecule has 86 valence electrons. The van der Waals surface area contributed by atoms with E-state index < -0.39 is 0 Å². The van der Waals surface area contributed by atoms with E-state index in [-0.39, 0.29) is 5.91 Å². The Morgan fingerprint density at radius 1 is 1.53 bits per heavy atom. The maximum Gasteiger partial charge on any atom is 0.225 e. The van der Waals surface area contributed by atoms with Crippen molar-refractivity contribution in [1.29, 1.82) is 0 Å². The summed E-state index contributed by atoms with van der Waals surface area (Å²) in [6.07, 6.45) is 7.74. The second-order valence-electron chi connectivity index (χ2n) is 4.28. The van der Waals surface area contributed by atoms with Gasteiger partial charge in [0, 0.05) is 19.0 Å². The molecule has 2 nitrogen and oxygen atoms in total. The zero-order chi connectivity index (χ0) is 12.3. The summed E-state index contributed by atoms with van der Waals surface area (Å²) in [4.78, 5) is 13.3. The summed E-state index contributed by atoms with van der Waals surface area (Å²) in [7, 11) is 0. The third kappa shape index (κ3) is 2.39. The summed E-state index contributed by atoms with van der Waals surface area (Å²) in [6.45, 7) is 2.66. The normalized spacial score (nSPS) is 19.8. The topological polar surface area (TPSA) is 20.3 Å². The molecule has 0 radical (unpaired) electrons. The molecule has 0 spiro atoms. The number of β-lactam (4-membered cyclic amide) rings is 1. The molecule has 17 heavy (non-hydrogen) atoms. The molecule has 1 fully saturated rings. The Balaban J connectivity index is 2.18. The van der Waals surface area contributed by atoms with Gasteiger partial charge in [-0.2, -0.15) is 0 Å². The number of amides is 1. The highest BCUT2D eigenvalue weighted by Crippen LogP contribution is 2.23. The van der Waals surface area contributed by atoms with Gasteiger partial charge >= 0.3 is 0 Å². The Morgan fingerprint density at radius 2 is 2.24 bits per heavy atom. The quantitative estimate of drug-likeness (QED) is 0.571. The Kier molecular flexibility index (Phi) is 3.30. The molecule has 1 aliphatic heterocycles. The molecule has 0 saturated carbocycles. The van der Waals surface area contributed by atoms with Crippen molar-refractivity contribution in [3.63, 3.8) is 0 Å². The van der Waals surface area contributed by atoms with Crippen LogP contribution >= 0.6 is 0 Å². The van der Waals surface area contributed by atoms with Crippen molar-refractivity contribution in [2.75, 3.05) is 6.54 Å². The number of nitrogens with zero attached hydrogens (tertiary/aromatic N) is 1. The number of carbonyl (C=O) groups is 1. The lowest BCUT2D eigenvalue weighted by molar-refractivity contribution is -0.143. The van der Waals surface area contributed by atoms with E-state index in [9.17, 15) is 4.79 Å². The van der Waals surface area contributed by atoms with E-state index in [2.05, 4.69) is 12.8 Å². The first-order valence-electron chi connectivity index (χ1n) is 5.72. The molecule has 0 bridgehead atoms. The largest absolute Gasteiger partial charge is 0.335 e. The van der Waals surface area contributed by atoms with Crippen LogP contribution in [0.4, 0.5) is 0 Å². The van der Waals surface area contributed by atoms with Crippen molar-refractivity contribution < 1.29 is 4.79 Å². The van der Waals surface area contributed by atoms with Gasteiger partial charge in [0.1, 0.15) is 0 Å². The summed E-state index contributed by atoms with van der Waals surface area (Å²) in [6, 6.07) is 10.3. The van der Waals surface area contributed by atoms with Crippen LogP contribution < -0.4 is 0 Å². The molecule has 1 heterocycles. The number of carbonyl (C=O) groups excluding carboxylic acids is 1. The van der Waals surface area contributed by atoms with Crippen molar-refractivity contribution in [2.24, 2.45) is 0 Å². The smallest absolute Gasteiger partial charge is 0.225 e. The first kappa shape index (κ1) is 11.5. The van der Waals surface area contributed by atoms with Crippen LogP contribution in [0.2, 0.25) is 0 Å². The van der Waals surface area contributed by atoms with Crippen molar-refractivity contribution in [1.82, 2.24) is 4.90 Å². The maximum atomic E-state index is 11.5. The van der Waals surface area contributed by atoms with E-state index in [0.29, 0.717) is 19.0 Å². The second kappa shape index (κ2) is 4.88. The lowest BCUT2D eigenvalue weighted by Gasteiger charge is -2.38. The standard InChI is InChI=1S/C15H15NO/c1-3-7-14(13-8-5-4-6-9-13)11-16-12(2)10-15(16)17/h1,4-9,12H,10-11H2,2H3/b14-7-. The van der Waals surface area contributed by atoms with Crippen LogP contribution in [0.3, 0.4) is 0 Å². The highest BCUT2D eigenvalue weighted by Gasteiger charge is 2.32. The average molecular weight is 225 g/mol. The summed E-state index contributed by atoms with van der Waals surface area (Å²) >= 11 is 0. The monoisotopic (exact) mass is 225 g/mol. The summed E-state index contributed by atoms with van der Waals surface area (Å²) in [5, 5.41) is 0. The van der Waals surface area contributed by atoms with Crippen LogP contribution in [0.15, 0.2) is 36.4 Å². The van der Waals surface area contributed by atoms with Gasteiger partial charge in [-0.05, 0) is 24.1 Å². The van der Waals surface area contributed by atoms with Gasteiger partial charge in [0.05, 0.1) is 0 Å². The van der Waals surface area contributed by atoms with Gasteiger partial charge in [-0.1, -0.05) is 36.3 Å². The number of allylic oxidation sites excluding steroid dienone is 1. The molecule has 1 atom stereocenters. The lowest BCUT2D eigenvalue weighted by Crippen LogP contribution is -2.51. The van der Waals surface area contributed by atoms with Gasteiger partial charge < -0.3 is 4.90 Å². The third-order valence-electron chi connectivity index (χ3n) is 3.07. The highest BCUT2D eigenvalue weighted by atomic mass is 16.2. The molecule has 0 aromatic heterocycles. The molecular weight excluding hydrogens is 210 g/mol. The summed E-state index contributed by atoms with van der Waals surface area (Å²) in [5.74, 6) is 2.75. The Bertz CT molecular complexity index is 481. The zero-order valence-electron chi connectivity index (χ0n) is 9.89. The van der Waals surface area contributed by atoms with Gasteiger partial charge in [0.15, 0.2) is 0 Å². The zero-order valence-corrected chi connectivity index (χ0v) is 9.89. The SMILES string of the molecule is C#C/C=C(/CN1C(=O)CC1C)c1ccccc1. The van der Waals surface area contributed by atoms with Gasteiger partial charge in [-0.15, -0.1) is 6.42 Å². The van der Waals surface area contributed by atoms with E-state index in [0.717, 1.165) is 11.1 Å². The Morgan fingerprint density at radius 3 is 2.76 bits per heavy atom. The molecule has 2 rings (SSSR count). The van der Waals surface area contributed by atoms with Gasteiger partial charge in [0.2, 0.25) is 5.91 Å². The molecule has 1 amide bonds. The van der Waals surface area contributed by atoms with Crippen LogP contribution in [0, 0.1) is 12.3 Å². The molecule has 0 N–H and O–H groups in total. The van der Waals surface area contributed by atoms with Gasteiger partial charge in [-0.25, -0.2) is 0 Å². The fourth-order valence-corrected chi connectivity index (χ4v) is 2.01.